The first-order valence-electron chi connectivity index (χ1n) is 6.49. The van der Waals surface area contributed by atoms with Crippen LogP contribution in [0.15, 0.2) is 46.9 Å². The van der Waals surface area contributed by atoms with Gasteiger partial charge in [-0.15, -0.1) is 0 Å². The van der Waals surface area contributed by atoms with Crippen LogP contribution in [0.25, 0.3) is 0 Å². The van der Waals surface area contributed by atoms with Crippen LogP contribution >= 0.6 is 15.9 Å². The molecule has 0 heterocycles. The normalized spacial score (nSPS) is 10.3. The van der Waals surface area contributed by atoms with E-state index in [0.29, 0.717) is 23.4 Å². The summed E-state index contributed by atoms with van der Waals surface area (Å²) in [6, 6.07) is 12.4. The molecule has 0 saturated carbocycles. The third kappa shape index (κ3) is 3.97. The van der Waals surface area contributed by atoms with E-state index >= 15 is 0 Å². The molecule has 0 aromatic heterocycles. The van der Waals surface area contributed by atoms with Gasteiger partial charge in [0.25, 0.3) is 0 Å². The summed E-state index contributed by atoms with van der Waals surface area (Å²) in [6.07, 6.45) is 0.944. The highest BCUT2D eigenvalue weighted by atomic mass is 79.9. The zero-order valence-corrected chi connectivity index (χ0v) is 12.8. The van der Waals surface area contributed by atoms with E-state index in [1.54, 1.807) is 12.1 Å². The molecule has 0 bridgehead atoms. The lowest BCUT2D eigenvalue weighted by Crippen LogP contribution is -2.00. The summed E-state index contributed by atoms with van der Waals surface area (Å²) in [7, 11) is 0. The molecular weight excluding hydrogens is 323 g/mol. The van der Waals surface area contributed by atoms with Gasteiger partial charge in [-0.2, -0.15) is 0 Å². The lowest BCUT2D eigenvalue weighted by Gasteiger charge is -2.12. The van der Waals surface area contributed by atoms with Gasteiger partial charge in [-0.1, -0.05) is 25.1 Å². The first-order chi connectivity index (χ1) is 9.70. The van der Waals surface area contributed by atoms with Gasteiger partial charge in [0.1, 0.15) is 12.4 Å². The van der Waals surface area contributed by atoms with E-state index in [0.717, 1.165) is 17.7 Å². The van der Waals surface area contributed by atoms with Crippen LogP contribution in [0.4, 0.5) is 4.39 Å². The fourth-order valence-corrected chi connectivity index (χ4v) is 2.12. The number of para-hydroxylation sites is 2. The van der Waals surface area contributed by atoms with Crippen LogP contribution in [0.2, 0.25) is 0 Å². The minimum atomic E-state index is -0.277. The Morgan fingerprint density at radius 2 is 1.75 bits per heavy atom. The smallest absolute Gasteiger partial charge is 0.161 e. The Morgan fingerprint density at radius 1 is 1.05 bits per heavy atom. The highest BCUT2D eigenvalue weighted by molar-refractivity contribution is 9.10. The van der Waals surface area contributed by atoms with Crippen molar-refractivity contribution in [3.63, 3.8) is 0 Å². The number of rotatable bonds is 6. The van der Waals surface area contributed by atoms with Gasteiger partial charge >= 0.3 is 0 Å². The highest BCUT2D eigenvalue weighted by Crippen LogP contribution is 2.27. The van der Waals surface area contributed by atoms with Crippen LogP contribution in [0.5, 0.6) is 11.5 Å². The molecule has 0 spiro atoms. The predicted molar refractivity (Wildman–Crippen MR) is 80.7 cm³/mol. The van der Waals surface area contributed by atoms with Crippen molar-refractivity contribution in [1.82, 2.24) is 0 Å². The van der Waals surface area contributed by atoms with E-state index in [2.05, 4.69) is 22.9 Å². The number of benzene rings is 2. The van der Waals surface area contributed by atoms with Crippen molar-refractivity contribution in [2.75, 3.05) is 6.61 Å². The van der Waals surface area contributed by atoms with Crippen molar-refractivity contribution >= 4 is 15.9 Å². The molecular formula is C16H16BrFO2. The maximum absolute atomic E-state index is 13.2. The molecule has 0 amide bonds. The number of hydrogen-bond acceptors (Lipinski definition) is 2. The van der Waals surface area contributed by atoms with Crippen LogP contribution in [0.3, 0.4) is 0 Å². The monoisotopic (exact) mass is 338 g/mol. The Labute approximate surface area is 126 Å². The van der Waals surface area contributed by atoms with Crippen LogP contribution in [0, 0.1) is 5.82 Å². The largest absolute Gasteiger partial charge is 0.490 e. The van der Waals surface area contributed by atoms with Gasteiger partial charge in [-0.05, 0) is 52.2 Å². The summed E-state index contributed by atoms with van der Waals surface area (Å²) < 4.78 is 25.0. The van der Waals surface area contributed by atoms with Crippen LogP contribution in [-0.4, -0.2) is 6.61 Å². The van der Waals surface area contributed by atoms with Gasteiger partial charge in [0, 0.05) is 0 Å². The van der Waals surface area contributed by atoms with Gasteiger partial charge in [0.05, 0.1) is 11.1 Å². The van der Waals surface area contributed by atoms with E-state index in [4.69, 9.17) is 9.47 Å². The van der Waals surface area contributed by atoms with Gasteiger partial charge in [0.2, 0.25) is 0 Å². The lowest BCUT2D eigenvalue weighted by molar-refractivity contribution is 0.262. The molecule has 2 nitrogen and oxygen atoms in total. The summed E-state index contributed by atoms with van der Waals surface area (Å²) in [5, 5.41) is 0. The van der Waals surface area contributed by atoms with Gasteiger partial charge in [0.15, 0.2) is 11.5 Å². The second kappa shape index (κ2) is 7.29. The summed E-state index contributed by atoms with van der Waals surface area (Å²) >= 11 is 3.17. The second-order valence-electron chi connectivity index (χ2n) is 4.33. The quantitative estimate of drug-likeness (QED) is 0.741. The van der Waals surface area contributed by atoms with Crippen molar-refractivity contribution in [1.29, 1.82) is 0 Å². The molecule has 4 heteroatoms. The molecule has 2 rings (SSSR count). The number of halogens is 2. The zero-order valence-electron chi connectivity index (χ0n) is 11.2. The summed E-state index contributed by atoms with van der Waals surface area (Å²) in [6.45, 7) is 3.08. The maximum Gasteiger partial charge on any atom is 0.161 e. The molecule has 0 fully saturated rings. The summed E-state index contributed by atoms with van der Waals surface area (Å²) in [5.41, 5.74) is 0.892. The molecule has 2 aromatic rings. The van der Waals surface area contributed by atoms with Crippen LogP contribution < -0.4 is 9.47 Å². The standard InChI is InChI=1S/C16H16BrFO2/c1-2-9-19-15-5-3-4-6-16(15)20-11-12-7-8-14(18)13(17)10-12/h3-8,10H,2,9,11H2,1H3. The van der Waals surface area contributed by atoms with E-state index in [-0.39, 0.29) is 5.82 Å². The molecule has 0 aliphatic rings. The molecule has 106 valence electrons. The fourth-order valence-electron chi connectivity index (χ4n) is 1.69. The van der Waals surface area contributed by atoms with E-state index in [1.165, 1.54) is 6.07 Å². The van der Waals surface area contributed by atoms with Crippen molar-refractivity contribution in [2.45, 2.75) is 20.0 Å². The van der Waals surface area contributed by atoms with E-state index in [1.807, 2.05) is 24.3 Å². The molecule has 0 N–H and O–H groups in total. The average molecular weight is 339 g/mol. The molecule has 2 aromatic carbocycles. The lowest BCUT2D eigenvalue weighted by atomic mass is 10.2. The van der Waals surface area contributed by atoms with Crippen LogP contribution in [-0.2, 0) is 6.61 Å². The Hall–Kier alpha value is -1.55. The second-order valence-corrected chi connectivity index (χ2v) is 5.19. The minimum Gasteiger partial charge on any atom is -0.490 e. The van der Waals surface area contributed by atoms with Crippen molar-refractivity contribution in [3.8, 4) is 11.5 Å². The third-order valence-electron chi connectivity index (χ3n) is 2.69. The van der Waals surface area contributed by atoms with Crippen molar-refractivity contribution < 1.29 is 13.9 Å². The average Bonchev–Trinajstić information content (AvgIpc) is 2.47. The molecule has 0 saturated heterocycles. The molecule has 0 unspecified atom stereocenters. The first-order valence-corrected chi connectivity index (χ1v) is 7.28. The Bertz CT molecular complexity index is 572. The number of hydrogen-bond donors (Lipinski definition) is 0. The van der Waals surface area contributed by atoms with E-state index in [9.17, 15) is 4.39 Å². The first kappa shape index (κ1) is 14.9. The molecule has 0 radical (unpaired) electrons. The molecule has 0 atom stereocenters. The third-order valence-corrected chi connectivity index (χ3v) is 3.30. The SMILES string of the molecule is CCCOc1ccccc1OCc1ccc(F)c(Br)c1. The zero-order chi connectivity index (χ0) is 14.4. The van der Waals surface area contributed by atoms with E-state index < -0.39 is 0 Å². The van der Waals surface area contributed by atoms with Crippen LogP contribution in [0.1, 0.15) is 18.9 Å². The van der Waals surface area contributed by atoms with Crippen molar-refractivity contribution in [3.05, 3.63) is 58.3 Å². The summed E-state index contributed by atoms with van der Waals surface area (Å²) in [5.74, 6) is 1.15. The molecule has 0 aliphatic carbocycles. The minimum absolute atomic E-state index is 0.277. The van der Waals surface area contributed by atoms with Gasteiger partial charge < -0.3 is 9.47 Å². The molecule has 0 aliphatic heterocycles. The topological polar surface area (TPSA) is 18.5 Å². The number of ether oxygens (including phenoxy) is 2. The molecule has 20 heavy (non-hydrogen) atoms. The fraction of sp³-hybridized carbons (Fsp3) is 0.250. The van der Waals surface area contributed by atoms with Gasteiger partial charge in [-0.25, -0.2) is 4.39 Å². The Balaban J connectivity index is 2.04. The van der Waals surface area contributed by atoms with Crippen molar-refractivity contribution in [2.24, 2.45) is 0 Å². The van der Waals surface area contributed by atoms with Gasteiger partial charge in [-0.3, -0.25) is 0 Å². The highest BCUT2D eigenvalue weighted by Gasteiger charge is 2.05. The maximum atomic E-state index is 13.2. The Kier molecular flexibility index (Phi) is 5.41. The Morgan fingerprint density at radius 3 is 2.40 bits per heavy atom. The predicted octanol–water partition coefficient (Wildman–Crippen LogP) is 4.96. The summed E-state index contributed by atoms with van der Waals surface area (Å²) in [4.78, 5) is 0.